The van der Waals surface area contributed by atoms with Gasteiger partial charge in [0.25, 0.3) is 5.91 Å². The first-order chi connectivity index (χ1) is 12.0. The molecule has 6 nitrogen and oxygen atoms in total. The van der Waals surface area contributed by atoms with Crippen LogP contribution in [0.5, 0.6) is 0 Å². The minimum Gasteiger partial charge on any atom is -0.465 e. The molecule has 0 aromatic heterocycles. The number of hydrogen-bond donors (Lipinski definition) is 2. The van der Waals surface area contributed by atoms with Crippen LogP contribution in [-0.4, -0.2) is 30.9 Å². The van der Waals surface area contributed by atoms with Crippen LogP contribution in [0.2, 0.25) is 0 Å². The molecule has 0 spiro atoms. The molecule has 0 heterocycles. The molecule has 2 rings (SSSR count). The zero-order valence-electron chi connectivity index (χ0n) is 14.1. The fraction of sp³-hybridized carbons (Fsp3) is 0.211. The number of methoxy groups -OCH3 is 1. The summed E-state index contributed by atoms with van der Waals surface area (Å²) in [4.78, 5) is 35.5. The highest BCUT2D eigenvalue weighted by Crippen LogP contribution is 2.06. The Labute approximate surface area is 146 Å². The molecule has 130 valence electrons. The summed E-state index contributed by atoms with van der Waals surface area (Å²) in [5.41, 5.74) is 1.78. The SMILES string of the molecule is COC(=O)c1ccc(CNC(=O)C(C)NC(=O)c2ccccc2)cc1. The number of benzene rings is 2. The molecule has 2 N–H and O–H groups in total. The van der Waals surface area contributed by atoms with Gasteiger partial charge in [0.2, 0.25) is 5.91 Å². The molecule has 1 unspecified atom stereocenters. The Bertz CT molecular complexity index is 742. The summed E-state index contributed by atoms with van der Waals surface area (Å²) >= 11 is 0. The average Bonchev–Trinajstić information content (AvgIpc) is 2.66. The highest BCUT2D eigenvalue weighted by molar-refractivity contribution is 5.97. The van der Waals surface area contributed by atoms with Gasteiger partial charge in [-0.25, -0.2) is 4.79 Å². The normalized spacial score (nSPS) is 11.3. The summed E-state index contributed by atoms with van der Waals surface area (Å²) in [6.07, 6.45) is 0. The lowest BCUT2D eigenvalue weighted by molar-refractivity contribution is -0.122. The number of ether oxygens (including phenoxy) is 1. The summed E-state index contributed by atoms with van der Waals surface area (Å²) in [5.74, 6) is -1.00. The first-order valence-corrected chi connectivity index (χ1v) is 7.82. The molecule has 0 aliphatic rings. The predicted octanol–water partition coefficient (Wildman–Crippen LogP) is 1.91. The number of carbonyl (C=O) groups is 3. The molecule has 25 heavy (non-hydrogen) atoms. The van der Waals surface area contributed by atoms with Crippen LogP contribution in [0.3, 0.4) is 0 Å². The van der Waals surface area contributed by atoms with Gasteiger partial charge in [-0.3, -0.25) is 9.59 Å². The van der Waals surface area contributed by atoms with Crippen molar-refractivity contribution in [3.05, 3.63) is 71.3 Å². The van der Waals surface area contributed by atoms with Gasteiger partial charge in [-0.1, -0.05) is 30.3 Å². The molecular formula is C19H20N2O4. The Morgan fingerprint density at radius 1 is 0.960 bits per heavy atom. The third-order valence-corrected chi connectivity index (χ3v) is 3.62. The fourth-order valence-corrected chi connectivity index (χ4v) is 2.15. The molecule has 0 bridgehead atoms. The van der Waals surface area contributed by atoms with Crippen LogP contribution in [0.25, 0.3) is 0 Å². The summed E-state index contributed by atoms with van der Waals surface area (Å²) in [5, 5.41) is 5.40. The minimum absolute atomic E-state index is 0.290. The van der Waals surface area contributed by atoms with E-state index in [1.165, 1.54) is 7.11 Å². The van der Waals surface area contributed by atoms with Crippen molar-refractivity contribution >= 4 is 17.8 Å². The quantitative estimate of drug-likeness (QED) is 0.787. The van der Waals surface area contributed by atoms with Crippen LogP contribution in [0.4, 0.5) is 0 Å². The van der Waals surface area contributed by atoms with E-state index in [1.807, 2.05) is 6.07 Å². The van der Waals surface area contributed by atoms with Gasteiger partial charge in [-0.15, -0.1) is 0 Å². The Morgan fingerprint density at radius 2 is 1.60 bits per heavy atom. The van der Waals surface area contributed by atoms with Gasteiger partial charge in [-0.2, -0.15) is 0 Å². The molecular weight excluding hydrogens is 320 g/mol. The smallest absolute Gasteiger partial charge is 0.337 e. The molecule has 2 aromatic rings. The molecule has 0 saturated heterocycles. The summed E-state index contributed by atoms with van der Waals surface area (Å²) in [7, 11) is 1.32. The number of hydrogen-bond acceptors (Lipinski definition) is 4. The van der Waals surface area contributed by atoms with Crippen LogP contribution < -0.4 is 10.6 Å². The molecule has 0 aliphatic heterocycles. The van der Waals surface area contributed by atoms with Crippen molar-refractivity contribution in [2.45, 2.75) is 19.5 Å². The van der Waals surface area contributed by atoms with Crippen LogP contribution in [0.15, 0.2) is 54.6 Å². The molecule has 2 aromatic carbocycles. The van der Waals surface area contributed by atoms with Gasteiger partial charge in [0.15, 0.2) is 0 Å². The zero-order valence-corrected chi connectivity index (χ0v) is 14.1. The average molecular weight is 340 g/mol. The van der Waals surface area contributed by atoms with Gasteiger partial charge < -0.3 is 15.4 Å². The van der Waals surface area contributed by atoms with Crippen LogP contribution in [-0.2, 0) is 16.1 Å². The van der Waals surface area contributed by atoms with Crippen molar-refractivity contribution in [1.29, 1.82) is 0 Å². The number of nitrogens with one attached hydrogen (secondary N) is 2. The third kappa shape index (κ3) is 5.17. The zero-order chi connectivity index (χ0) is 18.2. The molecule has 6 heteroatoms. The van der Waals surface area contributed by atoms with Gasteiger partial charge in [0.1, 0.15) is 6.04 Å². The number of esters is 1. The minimum atomic E-state index is -0.665. The van der Waals surface area contributed by atoms with Gasteiger partial charge in [-0.05, 0) is 36.8 Å². The van der Waals surface area contributed by atoms with Crippen LogP contribution in [0, 0.1) is 0 Å². The first-order valence-electron chi connectivity index (χ1n) is 7.82. The van der Waals surface area contributed by atoms with Crippen molar-refractivity contribution in [3.8, 4) is 0 Å². The predicted molar refractivity (Wildman–Crippen MR) is 93.0 cm³/mol. The highest BCUT2D eigenvalue weighted by Gasteiger charge is 2.16. The lowest BCUT2D eigenvalue weighted by atomic mass is 10.1. The summed E-state index contributed by atoms with van der Waals surface area (Å²) in [6.45, 7) is 1.92. The fourth-order valence-electron chi connectivity index (χ4n) is 2.15. The monoisotopic (exact) mass is 340 g/mol. The van der Waals surface area contributed by atoms with E-state index in [0.717, 1.165) is 5.56 Å². The van der Waals surface area contributed by atoms with E-state index in [2.05, 4.69) is 15.4 Å². The van der Waals surface area contributed by atoms with E-state index in [9.17, 15) is 14.4 Å². The van der Waals surface area contributed by atoms with Crippen LogP contribution >= 0.6 is 0 Å². The molecule has 0 radical (unpaired) electrons. The number of amides is 2. The largest absolute Gasteiger partial charge is 0.465 e. The van der Waals surface area contributed by atoms with E-state index >= 15 is 0 Å². The van der Waals surface area contributed by atoms with E-state index in [1.54, 1.807) is 55.5 Å². The van der Waals surface area contributed by atoms with Crippen molar-refractivity contribution in [1.82, 2.24) is 10.6 Å². The third-order valence-electron chi connectivity index (χ3n) is 3.62. The van der Waals surface area contributed by atoms with Crippen molar-refractivity contribution in [3.63, 3.8) is 0 Å². The molecule has 0 fully saturated rings. The van der Waals surface area contributed by atoms with Crippen molar-refractivity contribution in [2.24, 2.45) is 0 Å². The first kappa shape index (κ1) is 18.2. The van der Waals surface area contributed by atoms with E-state index in [4.69, 9.17) is 0 Å². The second-order valence-corrected chi connectivity index (χ2v) is 5.47. The van der Waals surface area contributed by atoms with Crippen molar-refractivity contribution in [2.75, 3.05) is 7.11 Å². The summed E-state index contributed by atoms with van der Waals surface area (Å²) < 4.78 is 4.63. The molecule has 0 saturated carbocycles. The lowest BCUT2D eigenvalue weighted by Crippen LogP contribution is -2.44. The van der Waals surface area contributed by atoms with E-state index < -0.39 is 12.0 Å². The topological polar surface area (TPSA) is 84.5 Å². The summed E-state index contributed by atoms with van der Waals surface area (Å²) in [6, 6.07) is 14.8. The molecule has 1 atom stereocenters. The maximum Gasteiger partial charge on any atom is 0.337 e. The Hall–Kier alpha value is -3.15. The standard InChI is InChI=1S/C19H20N2O4/c1-13(21-18(23)15-6-4-3-5-7-15)17(22)20-12-14-8-10-16(11-9-14)19(24)25-2/h3-11,13H,12H2,1-2H3,(H,20,22)(H,21,23). The van der Waals surface area contributed by atoms with Gasteiger partial charge in [0, 0.05) is 12.1 Å². The highest BCUT2D eigenvalue weighted by atomic mass is 16.5. The van der Waals surface area contributed by atoms with Crippen molar-refractivity contribution < 1.29 is 19.1 Å². The van der Waals surface area contributed by atoms with Gasteiger partial charge >= 0.3 is 5.97 Å². The number of carbonyl (C=O) groups excluding carboxylic acids is 3. The lowest BCUT2D eigenvalue weighted by Gasteiger charge is -2.14. The van der Waals surface area contributed by atoms with Crippen LogP contribution in [0.1, 0.15) is 33.2 Å². The van der Waals surface area contributed by atoms with E-state index in [-0.39, 0.29) is 11.8 Å². The van der Waals surface area contributed by atoms with Gasteiger partial charge in [0.05, 0.1) is 12.7 Å². The Balaban J connectivity index is 1.85. The molecule has 0 aliphatic carbocycles. The molecule has 2 amide bonds. The van der Waals surface area contributed by atoms with E-state index in [0.29, 0.717) is 17.7 Å². The number of rotatable bonds is 6. The second-order valence-electron chi connectivity index (χ2n) is 5.47. The maximum absolute atomic E-state index is 12.1. The maximum atomic E-state index is 12.1. The Kier molecular flexibility index (Phi) is 6.28. The Morgan fingerprint density at radius 3 is 2.20 bits per heavy atom. The second kappa shape index (κ2) is 8.63.